The van der Waals surface area contributed by atoms with E-state index in [1.165, 1.54) is 5.56 Å². The number of nitrogens with zero attached hydrogens (tertiary/aromatic N) is 3. The summed E-state index contributed by atoms with van der Waals surface area (Å²) in [5, 5.41) is 12.3. The van der Waals surface area contributed by atoms with E-state index in [-0.39, 0.29) is 25.2 Å². The fraction of sp³-hybridized carbons (Fsp3) is 0.474. The third-order valence-corrected chi connectivity index (χ3v) is 4.35. The third-order valence-electron chi connectivity index (χ3n) is 4.35. The molecule has 1 aromatic heterocycles. The van der Waals surface area contributed by atoms with Crippen LogP contribution in [0.2, 0.25) is 0 Å². The summed E-state index contributed by atoms with van der Waals surface area (Å²) >= 11 is 0. The fourth-order valence-corrected chi connectivity index (χ4v) is 2.62. The first-order valence-corrected chi connectivity index (χ1v) is 8.64. The van der Waals surface area contributed by atoms with Crippen molar-refractivity contribution >= 4 is 6.03 Å². The molecule has 1 aromatic carbocycles. The smallest absolute Gasteiger partial charge is 0.318 e. The van der Waals surface area contributed by atoms with Gasteiger partial charge in [-0.3, -0.25) is 0 Å². The number of hydrogen-bond donors (Lipinski definition) is 2. The van der Waals surface area contributed by atoms with Crippen LogP contribution < -0.4 is 5.32 Å². The van der Waals surface area contributed by atoms with E-state index in [0.29, 0.717) is 12.5 Å². The Kier molecular flexibility index (Phi) is 6.58. The second kappa shape index (κ2) is 8.67. The molecule has 6 nitrogen and oxygen atoms in total. The van der Waals surface area contributed by atoms with Gasteiger partial charge in [-0.2, -0.15) is 0 Å². The molecule has 0 unspecified atom stereocenters. The Hall–Kier alpha value is -2.34. The van der Waals surface area contributed by atoms with Crippen LogP contribution in [0.3, 0.4) is 0 Å². The first kappa shape index (κ1) is 19.0. The highest BCUT2D eigenvalue weighted by molar-refractivity contribution is 5.74. The van der Waals surface area contributed by atoms with Crippen molar-refractivity contribution in [2.45, 2.75) is 39.3 Å². The Balaban J connectivity index is 2.02. The van der Waals surface area contributed by atoms with E-state index in [2.05, 4.69) is 48.4 Å². The molecule has 6 heteroatoms. The number of rotatable bonds is 7. The van der Waals surface area contributed by atoms with Crippen LogP contribution in [0, 0.1) is 0 Å². The lowest BCUT2D eigenvalue weighted by Crippen LogP contribution is -2.42. The van der Waals surface area contributed by atoms with E-state index in [1.807, 2.05) is 24.7 Å². The molecule has 0 spiro atoms. The molecule has 0 aliphatic carbocycles. The number of aryl methyl sites for hydroxylation is 1. The molecule has 2 aromatic rings. The predicted molar refractivity (Wildman–Crippen MR) is 98.2 cm³/mol. The zero-order valence-electron chi connectivity index (χ0n) is 15.4. The first-order chi connectivity index (χ1) is 11.9. The maximum Gasteiger partial charge on any atom is 0.318 e. The van der Waals surface area contributed by atoms with Gasteiger partial charge >= 0.3 is 6.03 Å². The SMILES string of the molecule is CC(C)c1ccc([C@@H](C)NC(=O)N(CCO)Cc2nccn2C)cc1. The Morgan fingerprint density at radius 2 is 1.88 bits per heavy atom. The Morgan fingerprint density at radius 1 is 1.24 bits per heavy atom. The van der Waals surface area contributed by atoms with Crippen molar-refractivity contribution in [1.29, 1.82) is 0 Å². The summed E-state index contributed by atoms with van der Waals surface area (Å²) < 4.78 is 1.87. The lowest BCUT2D eigenvalue weighted by molar-refractivity contribution is 0.169. The molecule has 1 atom stereocenters. The molecule has 0 bridgehead atoms. The van der Waals surface area contributed by atoms with Gasteiger partial charge in [-0.15, -0.1) is 0 Å². The summed E-state index contributed by atoms with van der Waals surface area (Å²) in [5.41, 5.74) is 2.33. The summed E-state index contributed by atoms with van der Waals surface area (Å²) in [7, 11) is 1.89. The predicted octanol–water partition coefficient (Wildman–Crippen LogP) is 2.81. The summed E-state index contributed by atoms with van der Waals surface area (Å²) in [6.45, 7) is 6.80. The van der Waals surface area contributed by atoms with Crippen molar-refractivity contribution in [1.82, 2.24) is 19.8 Å². The average molecular weight is 344 g/mol. The zero-order valence-corrected chi connectivity index (χ0v) is 15.4. The summed E-state index contributed by atoms with van der Waals surface area (Å²) in [6.07, 6.45) is 3.53. The lowest BCUT2D eigenvalue weighted by atomic mass is 10.00. The molecule has 0 aliphatic heterocycles. The van der Waals surface area contributed by atoms with Crippen LogP contribution >= 0.6 is 0 Å². The third kappa shape index (κ3) is 5.06. The second-order valence-corrected chi connectivity index (χ2v) is 6.59. The van der Waals surface area contributed by atoms with E-state index >= 15 is 0 Å². The molecule has 0 radical (unpaired) electrons. The van der Waals surface area contributed by atoms with Crippen molar-refractivity contribution in [3.8, 4) is 0 Å². The molecule has 0 saturated carbocycles. The maximum absolute atomic E-state index is 12.6. The van der Waals surface area contributed by atoms with Gasteiger partial charge in [-0.05, 0) is 24.0 Å². The summed E-state index contributed by atoms with van der Waals surface area (Å²) in [4.78, 5) is 18.4. The molecule has 2 rings (SSSR count). The van der Waals surface area contributed by atoms with Gasteiger partial charge in [0.25, 0.3) is 0 Å². The van der Waals surface area contributed by atoms with E-state index in [9.17, 15) is 9.90 Å². The van der Waals surface area contributed by atoms with Gasteiger partial charge in [0, 0.05) is 26.0 Å². The maximum atomic E-state index is 12.6. The first-order valence-electron chi connectivity index (χ1n) is 8.64. The zero-order chi connectivity index (χ0) is 18.4. The minimum atomic E-state index is -0.211. The van der Waals surface area contributed by atoms with E-state index in [4.69, 9.17) is 0 Å². The van der Waals surface area contributed by atoms with Gasteiger partial charge in [0.05, 0.1) is 19.2 Å². The Morgan fingerprint density at radius 3 is 2.40 bits per heavy atom. The van der Waals surface area contributed by atoms with Crippen molar-refractivity contribution in [3.05, 3.63) is 53.6 Å². The number of amides is 2. The van der Waals surface area contributed by atoms with Gasteiger partial charge in [-0.25, -0.2) is 9.78 Å². The monoisotopic (exact) mass is 344 g/mol. The van der Waals surface area contributed by atoms with Crippen molar-refractivity contribution in [2.24, 2.45) is 7.05 Å². The number of carbonyl (C=O) groups excluding carboxylic acids is 1. The lowest BCUT2D eigenvalue weighted by Gasteiger charge is -2.24. The minimum Gasteiger partial charge on any atom is -0.395 e. The van der Waals surface area contributed by atoms with Crippen LogP contribution in [0.5, 0.6) is 0 Å². The normalized spacial score (nSPS) is 12.2. The highest BCUT2D eigenvalue weighted by Gasteiger charge is 2.18. The number of benzene rings is 1. The van der Waals surface area contributed by atoms with E-state index in [1.54, 1.807) is 11.1 Å². The number of carbonyl (C=O) groups is 1. The fourth-order valence-electron chi connectivity index (χ4n) is 2.62. The van der Waals surface area contributed by atoms with Crippen molar-refractivity contribution in [2.75, 3.05) is 13.2 Å². The van der Waals surface area contributed by atoms with Gasteiger partial charge in [-0.1, -0.05) is 38.1 Å². The molecular weight excluding hydrogens is 316 g/mol. The summed E-state index contributed by atoms with van der Waals surface area (Å²) in [5.74, 6) is 1.26. The van der Waals surface area contributed by atoms with Crippen LogP contribution in [-0.4, -0.2) is 38.7 Å². The van der Waals surface area contributed by atoms with Crippen LogP contribution in [-0.2, 0) is 13.6 Å². The number of nitrogens with one attached hydrogen (secondary N) is 1. The van der Waals surface area contributed by atoms with Crippen LogP contribution in [0.25, 0.3) is 0 Å². The van der Waals surface area contributed by atoms with Crippen LogP contribution in [0.15, 0.2) is 36.7 Å². The number of hydrogen-bond acceptors (Lipinski definition) is 3. The molecule has 1 heterocycles. The van der Waals surface area contributed by atoms with Gasteiger partial charge in [0.15, 0.2) is 0 Å². The quantitative estimate of drug-likeness (QED) is 0.811. The molecule has 2 amide bonds. The van der Waals surface area contributed by atoms with Crippen LogP contribution in [0.4, 0.5) is 4.79 Å². The molecular formula is C19H28N4O2. The second-order valence-electron chi connectivity index (χ2n) is 6.59. The molecule has 2 N–H and O–H groups in total. The largest absolute Gasteiger partial charge is 0.395 e. The highest BCUT2D eigenvalue weighted by atomic mass is 16.3. The van der Waals surface area contributed by atoms with Gasteiger partial charge < -0.3 is 19.9 Å². The number of aliphatic hydroxyl groups excluding tert-OH is 1. The van der Waals surface area contributed by atoms with Crippen molar-refractivity contribution in [3.63, 3.8) is 0 Å². The number of aromatic nitrogens is 2. The van der Waals surface area contributed by atoms with E-state index in [0.717, 1.165) is 11.4 Å². The van der Waals surface area contributed by atoms with Gasteiger partial charge in [0.2, 0.25) is 0 Å². The molecule has 0 fully saturated rings. The Bertz CT molecular complexity index is 679. The number of imidazole rings is 1. The standard InChI is InChI=1S/C19H28N4O2/c1-14(2)16-5-7-17(8-6-16)15(3)21-19(25)23(11-12-24)13-18-20-9-10-22(18)4/h5-10,14-15,24H,11-13H2,1-4H3,(H,21,25)/t15-/m1/s1. The van der Waals surface area contributed by atoms with Gasteiger partial charge in [0.1, 0.15) is 5.82 Å². The number of aliphatic hydroxyl groups is 1. The number of urea groups is 1. The molecule has 0 aliphatic rings. The Labute approximate surface area is 149 Å². The average Bonchev–Trinajstić information content (AvgIpc) is 2.99. The minimum absolute atomic E-state index is 0.0880. The molecule has 25 heavy (non-hydrogen) atoms. The molecule has 136 valence electrons. The van der Waals surface area contributed by atoms with Crippen molar-refractivity contribution < 1.29 is 9.90 Å². The topological polar surface area (TPSA) is 70.4 Å². The highest BCUT2D eigenvalue weighted by Crippen LogP contribution is 2.19. The molecule has 0 saturated heterocycles. The van der Waals surface area contributed by atoms with Crippen LogP contribution in [0.1, 0.15) is 49.7 Å². The summed E-state index contributed by atoms with van der Waals surface area (Å²) in [6, 6.07) is 7.98. The van der Waals surface area contributed by atoms with E-state index < -0.39 is 0 Å².